The van der Waals surface area contributed by atoms with E-state index in [4.69, 9.17) is 4.74 Å². The van der Waals surface area contributed by atoms with Crippen LogP contribution in [0.15, 0.2) is 96.1 Å². The number of epoxide rings is 1. The van der Waals surface area contributed by atoms with Crippen molar-refractivity contribution in [3.8, 4) is 0 Å². The van der Waals surface area contributed by atoms with Gasteiger partial charge in [-0.3, -0.25) is 19.2 Å². The van der Waals surface area contributed by atoms with Crippen LogP contribution >= 0.6 is 0 Å². The first kappa shape index (κ1) is 27.5. The lowest BCUT2D eigenvalue weighted by atomic mass is 9.88. The Bertz CT molecular complexity index is 1200. The third-order valence-electron chi connectivity index (χ3n) is 5.53. The maximum absolute atomic E-state index is 12.4. The van der Waals surface area contributed by atoms with Gasteiger partial charge in [-0.25, -0.2) is 0 Å². The fourth-order valence-corrected chi connectivity index (χ4v) is 3.60. The minimum Gasteiger partial charge on any atom is -0.510 e. The normalized spacial score (nSPS) is 26.1. The molecule has 37 heavy (non-hydrogen) atoms. The van der Waals surface area contributed by atoms with E-state index >= 15 is 0 Å². The van der Waals surface area contributed by atoms with Gasteiger partial charge >= 0.3 is 0 Å². The van der Waals surface area contributed by atoms with Crippen molar-refractivity contribution >= 4 is 23.4 Å². The molecule has 1 aliphatic heterocycles. The van der Waals surface area contributed by atoms with E-state index in [9.17, 15) is 29.4 Å². The summed E-state index contributed by atoms with van der Waals surface area (Å²) in [6, 6.07) is 0. The first-order chi connectivity index (χ1) is 17.6. The van der Waals surface area contributed by atoms with Crippen molar-refractivity contribution in [1.82, 2.24) is 10.6 Å². The summed E-state index contributed by atoms with van der Waals surface area (Å²) in [6.45, 7) is 4.10. The number of aliphatic hydroxyl groups is 2. The number of amides is 2. The van der Waals surface area contributed by atoms with Gasteiger partial charge in [0.2, 0.25) is 17.6 Å². The number of ether oxygens (including phenoxy) is 1. The van der Waals surface area contributed by atoms with E-state index in [1.54, 1.807) is 24.3 Å². The average Bonchev–Trinajstić information content (AvgIpc) is 3.60. The van der Waals surface area contributed by atoms with Gasteiger partial charge in [0.25, 0.3) is 0 Å². The maximum atomic E-state index is 12.4. The molecule has 2 amide bonds. The molecule has 3 rings (SSSR count). The Morgan fingerprint density at radius 2 is 1.59 bits per heavy atom. The van der Waals surface area contributed by atoms with Gasteiger partial charge in [-0.15, -0.1) is 0 Å². The van der Waals surface area contributed by atoms with Crippen LogP contribution in [0.5, 0.6) is 0 Å². The van der Waals surface area contributed by atoms with Crippen LogP contribution in [-0.2, 0) is 23.9 Å². The zero-order valence-electron chi connectivity index (χ0n) is 20.6. The molecule has 1 heterocycles. The van der Waals surface area contributed by atoms with E-state index in [0.717, 1.165) is 0 Å². The van der Waals surface area contributed by atoms with Crippen LogP contribution in [0.2, 0.25) is 0 Å². The molecule has 0 saturated carbocycles. The van der Waals surface area contributed by atoms with E-state index in [1.807, 2.05) is 12.2 Å². The van der Waals surface area contributed by atoms with Crippen molar-refractivity contribution in [2.24, 2.45) is 5.92 Å². The molecule has 1 saturated heterocycles. The Balaban J connectivity index is 1.55. The highest BCUT2D eigenvalue weighted by Crippen LogP contribution is 2.40. The van der Waals surface area contributed by atoms with Crippen LogP contribution in [0.1, 0.15) is 26.7 Å². The number of carbonyl (C=O) groups is 4. The first-order valence-corrected chi connectivity index (χ1v) is 11.9. The standard InChI is InChI=1S/C28H30N2O7/c1-18(2)11-7-3-4-8-12-22(33)29-19-17-28(36,27-26(37-27)25(19)35)16-10-6-5-9-13-23(34)30-24-20(31)14-15-21(24)32/h3-13,16-18,26-27,31,36H,14-15H2,1-2H3,(H,29,33)(H,30,34). The topological polar surface area (TPSA) is 145 Å². The summed E-state index contributed by atoms with van der Waals surface area (Å²) in [6.07, 6.45) is 18.8. The minimum absolute atomic E-state index is 0.0520. The first-order valence-electron chi connectivity index (χ1n) is 11.9. The molecule has 3 aliphatic rings. The number of rotatable bonds is 10. The van der Waals surface area contributed by atoms with Gasteiger partial charge in [0.05, 0.1) is 5.70 Å². The van der Waals surface area contributed by atoms with Crippen LogP contribution in [0, 0.1) is 5.92 Å². The summed E-state index contributed by atoms with van der Waals surface area (Å²) in [4.78, 5) is 48.1. The monoisotopic (exact) mass is 506 g/mol. The third kappa shape index (κ3) is 7.70. The fraction of sp³-hybridized carbons (Fsp3) is 0.286. The number of carbonyl (C=O) groups excluding carboxylic acids is 4. The number of allylic oxidation sites excluding steroid dienone is 11. The van der Waals surface area contributed by atoms with Crippen molar-refractivity contribution in [1.29, 1.82) is 0 Å². The van der Waals surface area contributed by atoms with Gasteiger partial charge in [-0.2, -0.15) is 0 Å². The van der Waals surface area contributed by atoms with Crippen LogP contribution in [0.4, 0.5) is 0 Å². The number of nitrogens with one attached hydrogen (secondary N) is 2. The molecule has 0 aromatic rings. The number of hydrogen-bond acceptors (Lipinski definition) is 7. The lowest BCUT2D eigenvalue weighted by Crippen LogP contribution is -2.42. The number of Topliss-reactive ketones (excluding diaryl/α,β-unsaturated/α-hetero) is 2. The molecule has 0 aromatic carbocycles. The Hall–Kier alpha value is -4.08. The largest absolute Gasteiger partial charge is 0.510 e. The molecule has 9 heteroatoms. The second kappa shape index (κ2) is 12.2. The molecule has 0 aromatic heterocycles. The molecule has 9 nitrogen and oxygen atoms in total. The van der Waals surface area contributed by atoms with Crippen LogP contribution in [0.3, 0.4) is 0 Å². The highest BCUT2D eigenvalue weighted by molar-refractivity contribution is 6.06. The van der Waals surface area contributed by atoms with E-state index in [1.165, 1.54) is 42.5 Å². The summed E-state index contributed by atoms with van der Waals surface area (Å²) in [5.41, 5.74) is -1.74. The SMILES string of the molecule is CC(C)C=CC=CC=CC(=O)NC1=CC(O)(C=CC=CC=CC(=O)NC2=C(O)CCC2=O)C2OC2C1=O. The van der Waals surface area contributed by atoms with E-state index in [-0.39, 0.29) is 35.8 Å². The van der Waals surface area contributed by atoms with Crippen molar-refractivity contribution in [2.75, 3.05) is 0 Å². The summed E-state index contributed by atoms with van der Waals surface area (Å²) in [5, 5.41) is 25.4. The lowest BCUT2D eigenvalue weighted by molar-refractivity contribution is -0.121. The third-order valence-corrected chi connectivity index (χ3v) is 5.53. The maximum Gasteiger partial charge on any atom is 0.248 e. The second-order valence-electron chi connectivity index (χ2n) is 8.99. The lowest BCUT2D eigenvalue weighted by Gasteiger charge is -2.23. The van der Waals surface area contributed by atoms with Crippen molar-refractivity contribution < 1.29 is 34.1 Å². The molecule has 0 bridgehead atoms. The average molecular weight is 507 g/mol. The van der Waals surface area contributed by atoms with Crippen LogP contribution in [0.25, 0.3) is 0 Å². The summed E-state index contributed by atoms with van der Waals surface area (Å²) >= 11 is 0. The predicted octanol–water partition coefficient (Wildman–Crippen LogP) is 2.31. The number of aliphatic hydroxyl groups excluding tert-OH is 1. The Morgan fingerprint density at radius 3 is 2.22 bits per heavy atom. The van der Waals surface area contributed by atoms with E-state index in [0.29, 0.717) is 5.92 Å². The minimum atomic E-state index is -1.61. The molecule has 194 valence electrons. The number of hydrogen-bond donors (Lipinski definition) is 4. The smallest absolute Gasteiger partial charge is 0.248 e. The molecule has 0 spiro atoms. The Morgan fingerprint density at radius 1 is 0.973 bits per heavy atom. The molecule has 3 atom stereocenters. The van der Waals surface area contributed by atoms with Gasteiger partial charge in [-0.05, 0) is 18.1 Å². The molecule has 1 fully saturated rings. The van der Waals surface area contributed by atoms with Crippen LogP contribution in [-0.4, -0.2) is 51.4 Å². The molecular formula is C28H30N2O7. The predicted molar refractivity (Wildman–Crippen MR) is 137 cm³/mol. The van der Waals surface area contributed by atoms with Crippen molar-refractivity contribution in [3.63, 3.8) is 0 Å². The van der Waals surface area contributed by atoms with Gasteiger partial charge in [-0.1, -0.05) is 68.5 Å². The quantitative estimate of drug-likeness (QED) is 0.202. The molecular weight excluding hydrogens is 476 g/mol. The van der Waals surface area contributed by atoms with E-state index < -0.39 is 35.4 Å². The zero-order valence-corrected chi connectivity index (χ0v) is 20.6. The van der Waals surface area contributed by atoms with Gasteiger partial charge < -0.3 is 25.6 Å². The van der Waals surface area contributed by atoms with Crippen molar-refractivity contribution in [3.05, 3.63) is 96.1 Å². The summed E-state index contributed by atoms with van der Waals surface area (Å²) in [5.74, 6) is -1.52. The fourth-order valence-electron chi connectivity index (χ4n) is 3.60. The second-order valence-corrected chi connectivity index (χ2v) is 8.99. The van der Waals surface area contributed by atoms with Gasteiger partial charge in [0.15, 0.2) is 11.9 Å². The highest BCUT2D eigenvalue weighted by atomic mass is 16.6. The molecule has 3 unspecified atom stereocenters. The summed E-state index contributed by atoms with van der Waals surface area (Å²) in [7, 11) is 0. The van der Waals surface area contributed by atoms with E-state index in [2.05, 4.69) is 24.5 Å². The summed E-state index contributed by atoms with van der Waals surface area (Å²) < 4.78 is 5.32. The number of ketones is 2. The van der Waals surface area contributed by atoms with Gasteiger partial charge in [0, 0.05) is 25.0 Å². The number of fused-ring (bicyclic) bond motifs is 1. The van der Waals surface area contributed by atoms with Crippen molar-refractivity contribution in [2.45, 2.75) is 44.5 Å². The van der Waals surface area contributed by atoms with Crippen LogP contribution < -0.4 is 10.6 Å². The highest BCUT2D eigenvalue weighted by Gasteiger charge is 2.59. The molecule has 4 N–H and O–H groups in total. The Kier molecular flexibility index (Phi) is 9.10. The zero-order chi connectivity index (χ0) is 27.0. The molecule has 0 radical (unpaired) electrons. The Labute approximate surface area is 215 Å². The molecule has 2 aliphatic carbocycles. The van der Waals surface area contributed by atoms with Gasteiger partial charge in [0.1, 0.15) is 23.2 Å².